The van der Waals surface area contributed by atoms with Crippen LogP contribution in [0.4, 0.5) is 5.82 Å². The summed E-state index contributed by atoms with van der Waals surface area (Å²) in [6.45, 7) is 0. The first-order chi connectivity index (χ1) is 9.29. The Morgan fingerprint density at radius 1 is 1.26 bits per heavy atom. The lowest BCUT2D eigenvalue weighted by molar-refractivity contribution is 0.100. The number of aliphatic imine (C=N–C) groups is 1. The number of hydrogen-bond donors (Lipinski definition) is 0. The Hall–Kier alpha value is -2.49. The van der Waals surface area contributed by atoms with Gasteiger partial charge in [-0.15, -0.1) is 0 Å². The van der Waals surface area contributed by atoms with Crippen molar-refractivity contribution in [3.63, 3.8) is 0 Å². The van der Waals surface area contributed by atoms with Crippen LogP contribution in [0.3, 0.4) is 0 Å². The molecule has 0 radical (unpaired) electrons. The Kier molecular flexibility index (Phi) is 4.39. The summed E-state index contributed by atoms with van der Waals surface area (Å²) in [6, 6.07) is 12.5. The lowest BCUT2D eigenvalue weighted by Gasteiger charge is -2.00. The fourth-order valence-electron chi connectivity index (χ4n) is 1.55. The van der Waals surface area contributed by atoms with E-state index in [1.807, 2.05) is 12.1 Å². The average Bonchev–Trinajstić information content (AvgIpc) is 2.48. The number of benzene rings is 1. The van der Waals surface area contributed by atoms with Gasteiger partial charge in [0, 0.05) is 24.4 Å². The van der Waals surface area contributed by atoms with E-state index >= 15 is 0 Å². The monoisotopic (exact) mass is 254 g/mol. The van der Waals surface area contributed by atoms with Gasteiger partial charge in [-0.25, -0.2) is 9.98 Å². The highest BCUT2D eigenvalue weighted by Crippen LogP contribution is 2.12. The molecular formula is C15H14N2O2. The number of carbonyl (C=O) groups excluding carboxylic acids is 1. The summed E-state index contributed by atoms with van der Waals surface area (Å²) in [5, 5.41) is 0. The Morgan fingerprint density at radius 3 is 2.68 bits per heavy atom. The second-order valence-corrected chi connectivity index (χ2v) is 3.86. The summed E-state index contributed by atoms with van der Waals surface area (Å²) < 4.78 is 5.04. The largest absolute Gasteiger partial charge is 0.497 e. The molecule has 4 nitrogen and oxygen atoms in total. The molecule has 0 saturated heterocycles. The van der Waals surface area contributed by atoms with Crippen LogP contribution in [-0.2, 0) is 0 Å². The van der Waals surface area contributed by atoms with Crippen LogP contribution in [0.2, 0.25) is 0 Å². The van der Waals surface area contributed by atoms with Gasteiger partial charge in [0.2, 0.25) is 0 Å². The number of pyridine rings is 1. The van der Waals surface area contributed by atoms with Crippen molar-refractivity contribution in [2.24, 2.45) is 4.99 Å². The van der Waals surface area contributed by atoms with Crippen molar-refractivity contribution in [2.75, 3.05) is 7.11 Å². The molecule has 0 unspecified atom stereocenters. The van der Waals surface area contributed by atoms with Crippen molar-refractivity contribution >= 4 is 17.8 Å². The zero-order valence-electron chi connectivity index (χ0n) is 10.6. The summed E-state index contributed by atoms with van der Waals surface area (Å²) in [4.78, 5) is 20.1. The van der Waals surface area contributed by atoms with E-state index in [1.165, 1.54) is 0 Å². The quantitative estimate of drug-likeness (QED) is 0.608. The molecule has 0 amide bonds. The molecule has 0 aliphatic heterocycles. The van der Waals surface area contributed by atoms with E-state index in [0.717, 1.165) is 5.75 Å². The fraction of sp³-hybridized carbons (Fsp3) is 0.133. The number of ketones is 1. The van der Waals surface area contributed by atoms with E-state index in [2.05, 4.69) is 9.98 Å². The molecule has 0 bridgehead atoms. The Morgan fingerprint density at radius 2 is 2.05 bits per heavy atom. The number of Topliss-reactive ketones (excluding diaryl/α,β-unsaturated/α-hetero) is 1. The third-order valence-electron chi connectivity index (χ3n) is 2.56. The van der Waals surface area contributed by atoms with Gasteiger partial charge in [0.25, 0.3) is 0 Å². The molecule has 0 saturated carbocycles. The van der Waals surface area contributed by atoms with Crippen LogP contribution >= 0.6 is 0 Å². The molecule has 96 valence electrons. The highest BCUT2D eigenvalue weighted by Gasteiger charge is 2.03. The van der Waals surface area contributed by atoms with Crippen molar-refractivity contribution in [2.45, 2.75) is 6.42 Å². The second-order valence-electron chi connectivity index (χ2n) is 3.86. The van der Waals surface area contributed by atoms with Gasteiger partial charge in [0.05, 0.1) is 7.11 Å². The van der Waals surface area contributed by atoms with E-state index in [-0.39, 0.29) is 12.2 Å². The number of aromatic nitrogens is 1. The average molecular weight is 254 g/mol. The van der Waals surface area contributed by atoms with E-state index in [1.54, 1.807) is 49.9 Å². The van der Waals surface area contributed by atoms with E-state index < -0.39 is 0 Å². The van der Waals surface area contributed by atoms with Crippen LogP contribution in [0.25, 0.3) is 0 Å². The summed E-state index contributed by atoms with van der Waals surface area (Å²) >= 11 is 0. The van der Waals surface area contributed by atoms with Crippen molar-refractivity contribution in [1.29, 1.82) is 0 Å². The molecule has 0 aliphatic rings. The first-order valence-electron chi connectivity index (χ1n) is 5.90. The predicted octanol–water partition coefficient (Wildman–Crippen LogP) is 3.07. The number of carbonyl (C=O) groups is 1. The maximum absolute atomic E-state index is 11.9. The second kappa shape index (κ2) is 6.44. The lowest BCUT2D eigenvalue weighted by Crippen LogP contribution is -1.99. The highest BCUT2D eigenvalue weighted by molar-refractivity contribution is 6.03. The number of nitrogens with zero attached hydrogens (tertiary/aromatic N) is 2. The predicted molar refractivity (Wildman–Crippen MR) is 74.3 cm³/mol. The molecule has 19 heavy (non-hydrogen) atoms. The summed E-state index contributed by atoms with van der Waals surface area (Å²) in [7, 11) is 1.59. The van der Waals surface area contributed by atoms with Crippen LogP contribution in [0.5, 0.6) is 5.75 Å². The Bertz CT molecular complexity index is 562. The molecule has 0 aliphatic carbocycles. The first-order valence-corrected chi connectivity index (χ1v) is 5.90. The minimum Gasteiger partial charge on any atom is -0.497 e. The molecule has 0 atom stereocenters. The zero-order chi connectivity index (χ0) is 13.5. The number of ether oxygens (including phenoxy) is 1. The highest BCUT2D eigenvalue weighted by atomic mass is 16.5. The minimum atomic E-state index is 0.0161. The van der Waals surface area contributed by atoms with Crippen molar-refractivity contribution in [3.05, 3.63) is 54.2 Å². The number of rotatable bonds is 5. The lowest BCUT2D eigenvalue weighted by atomic mass is 10.1. The van der Waals surface area contributed by atoms with Gasteiger partial charge in [0.1, 0.15) is 5.75 Å². The molecule has 2 rings (SSSR count). The molecule has 1 aromatic heterocycles. The molecular weight excluding hydrogens is 240 g/mol. The van der Waals surface area contributed by atoms with Crippen molar-refractivity contribution in [3.8, 4) is 5.75 Å². The summed E-state index contributed by atoms with van der Waals surface area (Å²) in [6.07, 6.45) is 3.50. The third-order valence-corrected chi connectivity index (χ3v) is 2.56. The maximum Gasteiger partial charge on any atom is 0.168 e. The van der Waals surface area contributed by atoms with Gasteiger partial charge >= 0.3 is 0 Å². The van der Waals surface area contributed by atoms with Crippen LogP contribution in [-0.4, -0.2) is 24.1 Å². The van der Waals surface area contributed by atoms with E-state index in [9.17, 15) is 4.79 Å². The molecule has 0 spiro atoms. The minimum absolute atomic E-state index is 0.0161. The van der Waals surface area contributed by atoms with Gasteiger partial charge in [-0.05, 0) is 36.4 Å². The number of methoxy groups -OCH3 is 1. The Balaban J connectivity index is 1.95. The molecule has 4 heteroatoms. The van der Waals surface area contributed by atoms with Gasteiger partial charge in [-0.1, -0.05) is 6.07 Å². The van der Waals surface area contributed by atoms with E-state index in [0.29, 0.717) is 11.4 Å². The normalized spacial score (nSPS) is 10.6. The van der Waals surface area contributed by atoms with Gasteiger partial charge in [-0.3, -0.25) is 4.79 Å². The molecule has 2 aromatic rings. The van der Waals surface area contributed by atoms with Gasteiger partial charge in [-0.2, -0.15) is 0 Å². The topological polar surface area (TPSA) is 51.5 Å². The van der Waals surface area contributed by atoms with E-state index in [4.69, 9.17) is 4.74 Å². The van der Waals surface area contributed by atoms with Crippen LogP contribution < -0.4 is 4.74 Å². The molecule has 1 heterocycles. The van der Waals surface area contributed by atoms with Crippen LogP contribution in [0.15, 0.2) is 53.7 Å². The molecule has 1 aromatic carbocycles. The zero-order valence-corrected chi connectivity index (χ0v) is 10.6. The standard InChI is InChI=1S/C15H14N2O2/c1-19-13-7-5-12(6-8-13)14(18)9-11-17-15-4-2-3-10-16-15/h2-8,10-11H,9H2,1H3/b17-11+. The van der Waals surface area contributed by atoms with Crippen molar-refractivity contribution in [1.82, 2.24) is 4.98 Å². The van der Waals surface area contributed by atoms with Crippen molar-refractivity contribution < 1.29 is 9.53 Å². The van der Waals surface area contributed by atoms with Gasteiger partial charge in [0.15, 0.2) is 11.6 Å². The molecule has 0 fully saturated rings. The van der Waals surface area contributed by atoms with Gasteiger partial charge < -0.3 is 4.74 Å². The first kappa shape index (κ1) is 13.0. The third kappa shape index (κ3) is 3.74. The molecule has 0 N–H and O–H groups in total. The smallest absolute Gasteiger partial charge is 0.168 e. The fourth-order valence-corrected chi connectivity index (χ4v) is 1.55. The maximum atomic E-state index is 11.9. The summed E-state index contributed by atoms with van der Waals surface area (Å²) in [5.74, 6) is 1.35. The van der Waals surface area contributed by atoms with Crippen LogP contribution in [0.1, 0.15) is 16.8 Å². The Labute approximate surface area is 111 Å². The number of hydrogen-bond acceptors (Lipinski definition) is 4. The summed E-state index contributed by atoms with van der Waals surface area (Å²) in [5.41, 5.74) is 0.647. The SMILES string of the molecule is COc1ccc(C(=O)C/C=N/c2ccccn2)cc1. The van der Waals surface area contributed by atoms with Crippen LogP contribution in [0, 0.1) is 0 Å².